The highest BCUT2D eigenvalue weighted by Crippen LogP contribution is 2.43. The highest BCUT2D eigenvalue weighted by atomic mass is 32.1. The van der Waals surface area contributed by atoms with Gasteiger partial charge in [0.1, 0.15) is 24.0 Å². The number of aryl methyl sites for hydroxylation is 2. The van der Waals surface area contributed by atoms with E-state index in [4.69, 9.17) is 9.47 Å². The molecule has 3 heterocycles. The lowest BCUT2D eigenvalue weighted by Crippen LogP contribution is -2.29. The first-order valence-electron chi connectivity index (χ1n) is 10.6. The highest BCUT2D eigenvalue weighted by Gasteiger charge is 2.48. The van der Waals surface area contributed by atoms with Gasteiger partial charge in [0, 0.05) is 5.56 Å². The Hall–Kier alpha value is -3.72. The molecule has 168 valence electrons. The second-order valence-electron chi connectivity index (χ2n) is 7.73. The van der Waals surface area contributed by atoms with Gasteiger partial charge < -0.3 is 14.6 Å². The summed E-state index contributed by atoms with van der Waals surface area (Å²) >= 11 is 1.21. The fourth-order valence-electron chi connectivity index (χ4n) is 4.01. The van der Waals surface area contributed by atoms with Crippen LogP contribution in [0.15, 0.2) is 48.0 Å². The van der Waals surface area contributed by atoms with E-state index in [0.717, 1.165) is 12.0 Å². The van der Waals surface area contributed by atoms with Crippen LogP contribution in [-0.2, 0) is 16.0 Å². The van der Waals surface area contributed by atoms with E-state index in [1.54, 1.807) is 25.1 Å². The number of benzene rings is 2. The van der Waals surface area contributed by atoms with Crippen LogP contribution in [0.25, 0.3) is 5.76 Å². The van der Waals surface area contributed by atoms with Crippen molar-refractivity contribution in [2.75, 3.05) is 18.1 Å². The minimum atomic E-state index is -0.837. The summed E-state index contributed by atoms with van der Waals surface area (Å²) in [5.74, 6) is -0.773. The lowest BCUT2D eigenvalue weighted by Gasteiger charge is -2.23. The molecule has 0 radical (unpaired) electrons. The number of aliphatic hydroxyl groups is 1. The first-order chi connectivity index (χ1) is 16.0. The Morgan fingerprint density at radius 3 is 2.48 bits per heavy atom. The van der Waals surface area contributed by atoms with E-state index >= 15 is 0 Å². The summed E-state index contributed by atoms with van der Waals surface area (Å²) in [7, 11) is 0. The molecule has 1 amide bonds. The van der Waals surface area contributed by atoms with Crippen molar-refractivity contribution >= 4 is 33.9 Å². The summed E-state index contributed by atoms with van der Waals surface area (Å²) in [5.41, 5.74) is 2.17. The van der Waals surface area contributed by atoms with Gasteiger partial charge in [0.15, 0.2) is 11.5 Å². The molecule has 2 aliphatic heterocycles. The second-order valence-corrected chi connectivity index (χ2v) is 8.89. The van der Waals surface area contributed by atoms with Gasteiger partial charge >= 0.3 is 5.91 Å². The van der Waals surface area contributed by atoms with Gasteiger partial charge in [-0.1, -0.05) is 42.5 Å². The molecule has 2 aliphatic rings. The maximum absolute atomic E-state index is 13.2. The lowest BCUT2D eigenvalue weighted by molar-refractivity contribution is -0.132. The number of Topliss-reactive ketones (excluding diaryl/α,β-unsaturated/α-hetero) is 1. The zero-order chi connectivity index (χ0) is 23.1. The lowest BCUT2D eigenvalue weighted by atomic mass is 9.94. The standard InChI is InChI=1S/C24H21N3O5S/c1-3-14-4-6-15(7-5-14)20-19(22(29)23(30)27(20)24-26-25-13(2)33-24)21(28)16-8-9-17-18(12-16)32-11-10-31-17/h4-9,12,20,28H,3,10-11H2,1-2H3/b21-19-. The summed E-state index contributed by atoms with van der Waals surface area (Å²) in [6, 6.07) is 11.7. The molecular formula is C24H21N3O5S. The average Bonchev–Trinajstić information content (AvgIpc) is 3.38. The fourth-order valence-corrected chi connectivity index (χ4v) is 4.72. The molecule has 1 saturated heterocycles. The topological polar surface area (TPSA) is 102 Å². The summed E-state index contributed by atoms with van der Waals surface area (Å²) in [5, 5.41) is 20.3. The van der Waals surface area contributed by atoms with Gasteiger partial charge in [-0.15, -0.1) is 10.2 Å². The molecule has 5 rings (SSSR count). The number of amides is 1. The quantitative estimate of drug-likeness (QED) is 0.357. The van der Waals surface area contributed by atoms with Crippen LogP contribution in [0.5, 0.6) is 11.5 Å². The van der Waals surface area contributed by atoms with Crippen molar-refractivity contribution in [1.29, 1.82) is 0 Å². The highest BCUT2D eigenvalue weighted by molar-refractivity contribution is 7.15. The number of aromatic nitrogens is 2. The Balaban J connectivity index is 1.67. The molecule has 0 saturated carbocycles. The fraction of sp³-hybridized carbons (Fsp3) is 0.250. The summed E-state index contributed by atoms with van der Waals surface area (Å²) in [4.78, 5) is 27.6. The minimum absolute atomic E-state index is 0.00576. The van der Waals surface area contributed by atoms with Crippen LogP contribution in [0.4, 0.5) is 5.13 Å². The number of aliphatic hydroxyl groups excluding tert-OH is 1. The first kappa shape index (κ1) is 21.1. The zero-order valence-electron chi connectivity index (χ0n) is 18.1. The number of rotatable bonds is 4. The average molecular weight is 464 g/mol. The van der Waals surface area contributed by atoms with Crippen LogP contribution in [0.2, 0.25) is 0 Å². The number of hydrogen-bond acceptors (Lipinski definition) is 8. The number of carbonyl (C=O) groups is 2. The van der Waals surface area contributed by atoms with Crippen LogP contribution in [0.3, 0.4) is 0 Å². The number of ketones is 1. The summed E-state index contributed by atoms with van der Waals surface area (Å²) in [6.45, 7) is 4.66. The number of hydrogen-bond donors (Lipinski definition) is 1. The Morgan fingerprint density at radius 1 is 1.09 bits per heavy atom. The molecular weight excluding hydrogens is 442 g/mol. The van der Waals surface area contributed by atoms with Crippen molar-refractivity contribution in [3.05, 3.63) is 69.7 Å². The van der Waals surface area contributed by atoms with E-state index in [-0.39, 0.29) is 11.3 Å². The van der Waals surface area contributed by atoms with E-state index in [0.29, 0.717) is 46.0 Å². The Morgan fingerprint density at radius 2 is 1.82 bits per heavy atom. The predicted octanol–water partition coefficient (Wildman–Crippen LogP) is 3.81. The zero-order valence-corrected chi connectivity index (χ0v) is 18.9. The maximum Gasteiger partial charge on any atom is 0.301 e. The van der Waals surface area contributed by atoms with Crippen molar-refractivity contribution in [3.63, 3.8) is 0 Å². The van der Waals surface area contributed by atoms with Gasteiger partial charge in [-0.3, -0.25) is 14.5 Å². The van der Waals surface area contributed by atoms with Crippen LogP contribution in [0.1, 0.15) is 34.7 Å². The van der Waals surface area contributed by atoms with Crippen LogP contribution in [-0.4, -0.2) is 40.2 Å². The van der Waals surface area contributed by atoms with Crippen LogP contribution in [0, 0.1) is 6.92 Å². The third kappa shape index (κ3) is 3.64. The predicted molar refractivity (Wildman–Crippen MR) is 123 cm³/mol. The van der Waals surface area contributed by atoms with Crippen molar-refractivity contribution in [1.82, 2.24) is 10.2 Å². The molecule has 1 atom stereocenters. The second kappa shape index (κ2) is 8.32. The largest absolute Gasteiger partial charge is 0.507 e. The van der Waals surface area contributed by atoms with E-state index in [1.807, 2.05) is 31.2 Å². The molecule has 1 unspecified atom stereocenters. The molecule has 33 heavy (non-hydrogen) atoms. The Kier molecular flexibility index (Phi) is 5.33. The number of ether oxygens (including phenoxy) is 2. The minimum Gasteiger partial charge on any atom is -0.507 e. The van der Waals surface area contributed by atoms with Crippen molar-refractivity contribution in [2.24, 2.45) is 0 Å². The molecule has 9 heteroatoms. The SMILES string of the molecule is CCc1ccc(C2/C(=C(/O)c3ccc4c(c3)OCCO4)C(=O)C(=O)N2c2nnc(C)s2)cc1. The first-order valence-corrected chi connectivity index (χ1v) is 11.4. The maximum atomic E-state index is 13.2. The number of carbonyl (C=O) groups excluding carboxylic acids is 2. The van der Waals surface area contributed by atoms with E-state index in [1.165, 1.54) is 16.2 Å². The monoisotopic (exact) mass is 463 g/mol. The van der Waals surface area contributed by atoms with E-state index < -0.39 is 17.7 Å². The van der Waals surface area contributed by atoms with Gasteiger partial charge in [-0.2, -0.15) is 0 Å². The number of anilines is 1. The molecule has 3 aromatic rings. The van der Waals surface area contributed by atoms with Gasteiger partial charge in [0.25, 0.3) is 5.78 Å². The summed E-state index contributed by atoms with van der Waals surface area (Å²) in [6.07, 6.45) is 0.854. The normalized spacial score (nSPS) is 19.2. The molecule has 2 aromatic carbocycles. The molecule has 1 N–H and O–H groups in total. The third-order valence-corrected chi connectivity index (χ3v) is 6.52. The van der Waals surface area contributed by atoms with Gasteiger partial charge in [-0.25, -0.2) is 0 Å². The van der Waals surface area contributed by atoms with Crippen molar-refractivity contribution in [3.8, 4) is 11.5 Å². The van der Waals surface area contributed by atoms with Gasteiger partial charge in [0.05, 0.1) is 11.6 Å². The van der Waals surface area contributed by atoms with Gasteiger partial charge in [-0.05, 0) is 42.7 Å². The number of fused-ring (bicyclic) bond motifs is 1. The van der Waals surface area contributed by atoms with Gasteiger partial charge in [0.2, 0.25) is 5.13 Å². The molecule has 0 aliphatic carbocycles. The third-order valence-electron chi connectivity index (χ3n) is 5.69. The van der Waals surface area contributed by atoms with E-state index in [2.05, 4.69) is 10.2 Å². The molecule has 1 fully saturated rings. The van der Waals surface area contributed by atoms with Crippen LogP contribution < -0.4 is 14.4 Å². The molecule has 0 bridgehead atoms. The molecule has 8 nitrogen and oxygen atoms in total. The van der Waals surface area contributed by atoms with Crippen LogP contribution >= 0.6 is 11.3 Å². The number of nitrogens with zero attached hydrogens (tertiary/aromatic N) is 3. The Bertz CT molecular complexity index is 1280. The molecule has 1 aromatic heterocycles. The van der Waals surface area contributed by atoms with Crippen molar-refractivity contribution < 1.29 is 24.2 Å². The van der Waals surface area contributed by atoms with E-state index in [9.17, 15) is 14.7 Å². The summed E-state index contributed by atoms with van der Waals surface area (Å²) < 4.78 is 11.2. The molecule has 0 spiro atoms. The van der Waals surface area contributed by atoms with Crippen molar-refractivity contribution in [2.45, 2.75) is 26.3 Å². The Labute approximate surface area is 194 Å². The smallest absolute Gasteiger partial charge is 0.301 e.